The van der Waals surface area contributed by atoms with Gasteiger partial charge in [-0.2, -0.15) is 9.78 Å². The van der Waals surface area contributed by atoms with E-state index < -0.39 is 0 Å². The lowest BCUT2D eigenvalue weighted by atomic mass is 10.2. The highest BCUT2D eigenvalue weighted by atomic mass is 16.5. The number of pyridine rings is 1. The zero-order valence-corrected chi connectivity index (χ0v) is 16.8. The molecule has 0 bridgehead atoms. The second-order valence-corrected chi connectivity index (χ2v) is 7.18. The monoisotopic (exact) mass is 405 g/mol. The largest absolute Gasteiger partial charge is 0.457 e. The van der Waals surface area contributed by atoms with Gasteiger partial charge in [0.05, 0.1) is 0 Å². The first-order valence-corrected chi connectivity index (χ1v) is 9.83. The summed E-state index contributed by atoms with van der Waals surface area (Å²) < 4.78 is 7.12. The summed E-state index contributed by atoms with van der Waals surface area (Å²) in [5, 5.41) is 4.06. The number of ketones is 1. The van der Waals surface area contributed by atoms with Crippen molar-refractivity contribution >= 4 is 11.8 Å². The van der Waals surface area contributed by atoms with Gasteiger partial charge in [-0.05, 0) is 35.9 Å². The van der Waals surface area contributed by atoms with Crippen LogP contribution in [0, 0.1) is 0 Å². The molecule has 0 saturated carbocycles. The third kappa shape index (κ3) is 4.72. The van der Waals surface area contributed by atoms with Crippen molar-refractivity contribution in [1.82, 2.24) is 24.6 Å². The normalized spacial score (nSPS) is 14.5. The Morgan fingerprint density at radius 2 is 1.77 bits per heavy atom. The molecule has 0 unspecified atom stereocenters. The number of piperazine rings is 1. The van der Waals surface area contributed by atoms with E-state index in [1.54, 1.807) is 29.6 Å². The van der Waals surface area contributed by atoms with Crippen LogP contribution in [0.5, 0.6) is 11.5 Å². The van der Waals surface area contributed by atoms with E-state index in [0.29, 0.717) is 18.8 Å². The molecular formula is C22H23N5O3. The molecule has 2 aromatic heterocycles. The number of carbonyl (C=O) groups excluding carboxylic acids is 2. The quantitative estimate of drug-likeness (QED) is 0.607. The standard InChI is InChI=1S/C22H23N5O3/c1-17(28)21-7-10-27(24-21)22(29)26-13-11-25(12-14-26)16-18-3-2-4-20(15-18)30-19-5-8-23-9-6-19/h2-10,15H,11-14,16H2,1H3. The van der Waals surface area contributed by atoms with Crippen LogP contribution in [0.25, 0.3) is 0 Å². The Bertz CT molecular complexity index is 1030. The smallest absolute Gasteiger partial charge is 0.344 e. The van der Waals surface area contributed by atoms with Crippen molar-refractivity contribution in [3.8, 4) is 11.5 Å². The number of Topliss-reactive ketones (excluding diaryl/α,β-unsaturated/α-hetero) is 1. The summed E-state index contributed by atoms with van der Waals surface area (Å²) >= 11 is 0. The molecule has 0 N–H and O–H groups in total. The van der Waals surface area contributed by atoms with Gasteiger partial charge >= 0.3 is 6.03 Å². The molecule has 8 nitrogen and oxygen atoms in total. The van der Waals surface area contributed by atoms with Crippen LogP contribution in [0.1, 0.15) is 23.0 Å². The lowest BCUT2D eigenvalue weighted by Gasteiger charge is -2.34. The van der Waals surface area contributed by atoms with Crippen molar-refractivity contribution in [2.45, 2.75) is 13.5 Å². The van der Waals surface area contributed by atoms with Crippen molar-refractivity contribution in [3.63, 3.8) is 0 Å². The van der Waals surface area contributed by atoms with Crippen LogP contribution in [0.3, 0.4) is 0 Å². The lowest BCUT2D eigenvalue weighted by molar-refractivity contribution is 0.101. The van der Waals surface area contributed by atoms with E-state index >= 15 is 0 Å². The third-order valence-electron chi connectivity index (χ3n) is 4.98. The van der Waals surface area contributed by atoms with Crippen LogP contribution in [0.2, 0.25) is 0 Å². The molecule has 0 spiro atoms. The van der Waals surface area contributed by atoms with Crippen LogP contribution in [0.15, 0.2) is 61.1 Å². The number of nitrogens with zero attached hydrogens (tertiary/aromatic N) is 5. The first-order valence-electron chi connectivity index (χ1n) is 9.83. The van der Waals surface area contributed by atoms with Gasteiger partial charge in [0.25, 0.3) is 0 Å². The van der Waals surface area contributed by atoms with E-state index in [-0.39, 0.29) is 11.8 Å². The summed E-state index contributed by atoms with van der Waals surface area (Å²) in [5.41, 5.74) is 1.45. The molecule has 154 valence electrons. The number of amides is 1. The average molecular weight is 405 g/mol. The first-order chi connectivity index (χ1) is 14.6. The van der Waals surface area contributed by atoms with Crippen LogP contribution >= 0.6 is 0 Å². The van der Waals surface area contributed by atoms with Crippen LogP contribution in [-0.2, 0) is 6.54 Å². The molecule has 0 radical (unpaired) electrons. The van der Waals surface area contributed by atoms with E-state index in [0.717, 1.165) is 36.7 Å². The fourth-order valence-electron chi connectivity index (χ4n) is 3.37. The molecule has 30 heavy (non-hydrogen) atoms. The summed E-state index contributed by atoms with van der Waals surface area (Å²) in [5.74, 6) is 1.38. The number of carbonyl (C=O) groups is 2. The molecule has 8 heteroatoms. The van der Waals surface area contributed by atoms with Gasteiger partial charge in [0.1, 0.15) is 17.2 Å². The van der Waals surface area contributed by atoms with Crippen molar-refractivity contribution < 1.29 is 14.3 Å². The van der Waals surface area contributed by atoms with Crippen molar-refractivity contribution in [2.75, 3.05) is 26.2 Å². The Morgan fingerprint density at radius 3 is 2.47 bits per heavy atom. The fourth-order valence-corrected chi connectivity index (χ4v) is 3.37. The zero-order valence-electron chi connectivity index (χ0n) is 16.8. The number of hydrogen-bond donors (Lipinski definition) is 0. The highest BCUT2D eigenvalue weighted by Gasteiger charge is 2.23. The molecule has 1 fully saturated rings. The van der Waals surface area contributed by atoms with Crippen LogP contribution < -0.4 is 4.74 Å². The maximum Gasteiger partial charge on any atom is 0.344 e. The van der Waals surface area contributed by atoms with Gasteiger partial charge < -0.3 is 9.64 Å². The molecule has 3 aromatic rings. The maximum absolute atomic E-state index is 12.6. The number of rotatable bonds is 5. The van der Waals surface area contributed by atoms with Crippen molar-refractivity contribution in [3.05, 3.63) is 72.3 Å². The van der Waals surface area contributed by atoms with E-state index in [2.05, 4.69) is 21.0 Å². The summed E-state index contributed by atoms with van der Waals surface area (Å²) in [4.78, 5) is 32.0. The minimum atomic E-state index is -0.199. The Hall–Kier alpha value is -3.52. The molecule has 0 aliphatic carbocycles. The van der Waals surface area contributed by atoms with E-state index in [4.69, 9.17) is 4.74 Å². The zero-order chi connectivity index (χ0) is 20.9. The first kappa shape index (κ1) is 19.8. The summed E-state index contributed by atoms with van der Waals surface area (Å²) in [6.45, 7) is 4.98. The third-order valence-corrected chi connectivity index (χ3v) is 4.98. The topological polar surface area (TPSA) is 80.6 Å². The van der Waals surface area contributed by atoms with Gasteiger partial charge in [-0.15, -0.1) is 0 Å². The Morgan fingerprint density at radius 1 is 1.00 bits per heavy atom. The molecule has 1 amide bonds. The van der Waals surface area contributed by atoms with Crippen molar-refractivity contribution in [2.24, 2.45) is 0 Å². The Labute approximate surface area is 174 Å². The fraction of sp³-hybridized carbons (Fsp3) is 0.273. The molecule has 3 heterocycles. The minimum Gasteiger partial charge on any atom is -0.457 e. The highest BCUT2D eigenvalue weighted by Crippen LogP contribution is 2.22. The second-order valence-electron chi connectivity index (χ2n) is 7.18. The predicted molar refractivity (Wildman–Crippen MR) is 111 cm³/mol. The maximum atomic E-state index is 12.6. The van der Waals surface area contributed by atoms with Gasteiger partial charge in [-0.25, -0.2) is 4.79 Å². The molecule has 1 aliphatic heterocycles. The summed E-state index contributed by atoms with van der Waals surface area (Å²) in [7, 11) is 0. The predicted octanol–water partition coefficient (Wildman–Crippen LogP) is 3.06. The second kappa shape index (κ2) is 8.87. The highest BCUT2D eigenvalue weighted by molar-refractivity contribution is 5.92. The molecule has 1 aliphatic rings. The molecule has 4 rings (SSSR count). The Balaban J connectivity index is 1.32. The summed E-state index contributed by atoms with van der Waals surface area (Å²) in [6.07, 6.45) is 4.94. The minimum absolute atomic E-state index is 0.151. The van der Waals surface area contributed by atoms with Gasteiger partial charge in [-0.3, -0.25) is 14.7 Å². The summed E-state index contributed by atoms with van der Waals surface area (Å²) in [6, 6.07) is 13.0. The molecule has 1 aromatic carbocycles. The number of aromatic nitrogens is 3. The number of ether oxygens (including phenoxy) is 1. The van der Waals surface area contributed by atoms with Gasteiger partial charge in [0, 0.05) is 58.2 Å². The van der Waals surface area contributed by atoms with Gasteiger partial charge in [0.15, 0.2) is 5.78 Å². The van der Waals surface area contributed by atoms with E-state index in [1.165, 1.54) is 11.6 Å². The Kier molecular flexibility index (Phi) is 5.85. The number of hydrogen-bond acceptors (Lipinski definition) is 6. The van der Waals surface area contributed by atoms with Gasteiger partial charge in [0.2, 0.25) is 0 Å². The average Bonchev–Trinajstić information content (AvgIpc) is 3.26. The van der Waals surface area contributed by atoms with Crippen LogP contribution in [0.4, 0.5) is 4.79 Å². The molecule has 0 atom stereocenters. The molecule has 1 saturated heterocycles. The van der Waals surface area contributed by atoms with E-state index in [9.17, 15) is 9.59 Å². The molecular weight excluding hydrogens is 382 g/mol. The lowest BCUT2D eigenvalue weighted by Crippen LogP contribution is -2.49. The number of benzene rings is 1. The van der Waals surface area contributed by atoms with E-state index in [1.807, 2.05) is 30.3 Å². The van der Waals surface area contributed by atoms with Crippen LogP contribution in [-0.4, -0.2) is 62.6 Å². The van der Waals surface area contributed by atoms with Crippen molar-refractivity contribution in [1.29, 1.82) is 0 Å². The SMILES string of the molecule is CC(=O)c1ccn(C(=O)N2CCN(Cc3cccc(Oc4ccncc4)c3)CC2)n1. The van der Waals surface area contributed by atoms with Gasteiger partial charge in [-0.1, -0.05) is 12.1 Å².